The zero-order chi connectivity index (χ0) is 20.8. The lowest BCUT2D eigenvalue weighted by molar-refractivity contribution is -0.115. The summed E-state index contributed by atoms with van der Waals surface area (Å²) in [7, 11) is 1.36. The molecule has 0 aliphatic heterocycles. The molecule has 0 saturated carbocycles. The monoisotopic (exact) mass is 466 g/mol. The maximum Gasteiger partial charge on any atom is 0.337 e. The fourth-order valence-electron chi connectivity index (χ4n) is 2.62. The summed E-state index contributed by atoms with van der Waals surface area (Å²) in [5.41, 5.74) is 1.43. The third kappa shape index (κ3) is 5.66. The highest BCUT2D eigenvalue weighted by Gasteiger charge is 2.12. The number of hydrogen-bond donors (Lipinski definition) is 0. The smallest absolute Gasteiger partial charge is 0.337 e. The van der Waals surface area contributed by atoms with Crippen LogP contribution in [0.15, 0.2) is 52.4 Å². The number of nitrogens with zero attached hydrogens (tertiary/aromatic N) is 2. The van der Waals surface area contributed by atoms with Crippen LogP contribution >= 0.6 is 46.5 Å². The predicted octanol–water partition coefficient (Wildman–Crippen LogP) is 4.73. The Labute approximate surface area is 186 Å². The minimum atomic E-state index is -0.384. The molecule has 0 bridgehead atoms. The third-order valence-electron chi connectivity index (χ3n) is 4.02. The lowest BCUT2D eigenvalue weighted by Gasteiger charge is -2.04. The lowest BCUT2D eigenvalue weighted by atomic mass is 10.2. The van der Waals surface area contributed by atoms with E-state index in [1.807, 2.05) is 29.0 Å². The van der Waals surface area contributed by atoms with E-state index in [-0.39, 0.29) is 17.6 Å². The van der Waals surface area contributed by atoms with Crippen molar-refractivity contribution in [3.8, 4) is 0 Å². The molecule has 0 aliphatic rings. The summed E-state index contributed by atoms with van der Waals surface area (Å²) in [6, 6.07) is 12.8. The van der Waals surface area contributed by atoms with Crippen molar-refractivity contribution in [1.82, 2.24) is 4.57 Å². The van der Waals surface area contributed by atoms with E-state index in [1.165, 1.54) is 30.2 Å². The van der Waals surface area contributed by atoms with E-state index in [2.05, 4.69) is 4.99 Å². The highest BCUT2D eigenvalue weighted by atomic mass is 35.5. The van der Waals surface area contributed by atoms with Gasteiger partial charge in [-0.05, 0) is 48.7 Å². The molecule has 0 aliphatic carbocycles. The fraction of sp³-hybridized carbons (Fsp3) is 0.250. The van der Waals surface area contributed by atoms with E-state index in [0.717, 1.165) is 27.4 Å². The number of ether oxygens (including phenoxy) is 1. The largest absolute Gasteiger partial charge is 0.465 e. The number of thioether (sulfide) groups is 2. The zero-order valence-electron chi connectivity index (χ0n) is 15.9. The van der Waals surface area contributed by atoms with Crippen molar-refractivity contribution in [3.63, 3.8) is 0 Å². The quantitative estimate of drug-likeness (QED) is 0.372. The topological polar surface area (TPSA) is 60.7 Å². The zero-order valence-corrected chi connectivity index (χ0v) is 19.1. The Morgan fingerprint density at radius 1 is 1.21 bits per heavy atom. The van der Waals surface area contributed by atoms with Crippen molar-refractivity contribution < 1.29 is 14.3 Å². The molecule has 0 saturated heterocycles. The summed E-state index contributed by atoms with van der Waals surface area (Å²) in [5, 5.41) is 0.664. The van der Waals surface area contributed by atoms with Crippen molar-refractivity contribution in [2.45, 2.75) is 11.4 Å². The van der Waals surface area contributed by atoms with Crippen LogP contribution in [0.5, 0.6) is 0 Å². The molecule has 1 amide bonds. The second-order valence-electron chi connectivity index (χ2n) is 5.95. The molecule has 5 nitrogen and oxygen atoms in total. The number of benzene rings is 2. The highest BCUT2D eigenvalue weighted by molar-refractivity contribution is 8.00. The van der Waals surface area contributed by atoms with Gasteiger partial charge in [-0.25, -0.2) is 4.79 Å². The van der Waals surface area contributed by atoms with Crippen LogP contribution in [0.2, 0.25) is 5.02 Å². The van der Waals surface area contributed by atoms with Crippen molar-refractivity contribution in [3.05, 3.63) is 57.9 Å². The van der Waals surface area contributed by atoms with Gasteiger partial charge in [0.15, 0.2) is 4.80 Å². The van der Waals surface area contributed by atoms with Gasteiger partial charge in [-0.2, -0.15) is 16.8 Å². The van der Waals surface area contributed by atoms with Gasteiger partial charge >= 0.3 is 5.97 Å². The molecular formula is C20H19ClN2O3S3. The van der Waals surface area contributed by atoms with Gasteiger partial charge in [0.05, 0.1) is 28.6 Å². The molecule has 0 N–H and O–H groups in total. The number of rotatable bonds is 7. The molecule has 2 aromatic carbocycles. The molecule has 3 rings (SSSR count). The Morgan fingerprint density at radius 3 is 2.66 bits per heavy atom. The average molecular weight is 467 g/mol. The summed E-state index contributed by atoms with van der Waals surface area (Å²) < 4.78 is 7.72. The predicted molar refractivity (Wildman–Crippen MR) is 122 cm³/mol. The first-order valence-electron chi connectivity index (χ1n) is 8.68. The van der Waals surface area contributed by atoms with Gasteiger partial charge in [-0.1, -0.05) is 22.9 Å². The average Bonchev–Trinajstić information content (AvgIpc) is 3.07. The van der Waals surface area contributed by atoms with Crippen LogP contribution in [0.25, 0.3) is 10.2 Å². The number of thiazole rings is 1. The summed E-state index contributed by atoms with van der Waals surface area (Å²) in [6.45, 7) is 0.731. The Balaban J connectivity index is 1.89. The van der Waals surface area contributed by atoms with Crippen LogP contribution in [0, 0.1) is 0 Å². The molecule has 0 fully saturated rings. The van der Waals surface area contributed by atoms with E-state index in [0.29, 0.717) is 15.4 Å². The Morgan fingerprint density at radius 2 is 1.97 bits per heavy atom. The van der Waals surface area contributed by atoms with E-state index in [9.17, 15) is 9.59 Å². The number of carbonyl (C=O) groups excluding carboxylic acids is 2. The SMILES string of the molecule is COC(=O)c1ccc2c(c1)sc(=NC(=O)CSc1ccc(Cl)cc1)n2CCSC. The van der Waals surface area contributed by atoms with Gasteiger partial charge in [-0.15, -0.1) is 11.8 Å². The first-order valence-corrected chi connectivity index (χ1v) is 12.3. The van der Waals surface area contributed by atoms with Crippen LogP contribution in [-0.2, 0) is 16.1 Å². The maximum atomic E-state index is 12.5. The Kier molecular flexibility index (Phi) is 7.83. The van der Waals surface area contributed by atoms with Crippen LogP contribution in [0.3, 0.4) is 0 Å². The van der Waals surface area contributed by atoms with Gasteiger partial charge < -0.3 is 9.30 Å². The van der Waals surface area contributed by atoms with Crippen LogP contribution < -0.4 is 4.80 Å². The van der Waals surface area contributed by atoms with Gasteiger partial charge in [0.2, 0.25) is 0 Å². The number of hydrogen-bond acceptors (Lipinski definition) is 6. The Hall–Kier alpha value is -1.74. The number of halogens is 1. The minimum Gasteiger partial charge on any atom is -0.465 e. The summed E-state index contributed by atoms with van der Waals surface area (Å²) >= 11 is 10.4. The van der Waals surface area contributed by atoms with Crippen molar-refractivity contribution in [1.29, 1.82) is 0 Å². The molecule has 3 aromatic rings. The van der Waals surface area contributed by atoms with Crippen molar-refractivity contribution >= 4 is 68.6 Å². The third-order valence-corrected chi connectivity index (χ3v) is 6.90. The number of carbonyl (C=O) groups is 2. The van der Waals surface area contributed by atoms with Crippen LogP contribution in [0.1, 0.15) is 10.4 Å². The lowest BCUT2D eigenvalue weighted by Crippen LogP contribution is -2.18. The van der Waals surface area contributed by atoms with Gasteiger partial charge in [0.25, 0.3) is 5.91 Å². The molecular weight excluding hydrogens is 448 g/mol. The number of amides is 1. The molecule has 0 atom stereocenters. The van der Waals surface area contributed by atoms with Gasteiger partial charge in [0.1, 0.15) is 0 Å². The molecule has 29 heavy (non-hydrogen) atoms. The van der Waals surface area contributed by atoms with E-state index in [4.69, 9.17) is 16.3 Å². The number of aryl methyl sites for hydroxylation is 1. The fourth-order valence-corrected chi connectivity index (χ4v) is 4.90. The molecule has 0 spiro atoms. The molecule has 152 valence electrons. The number of fused-ring (bicyclic) bond motifs is 1. The highest BCUT2D eigenvalue weighted by Crippen LogP contribution is 2.22. The van der Waals surface area contributed by atoms with E-state index >= 15 is 0 Å². The number of methoxy groups -OCH3 is 1. The molecule has 0 unspecified atom stereocenters. The first-order chi connectivity index (χ1) is 14.0. The second-order valence-corrected chi connectivity index (χ2v) is 9.43. The standard InChI is InChI=1S/C20H19ClN2O3S3/c1-26-19(25)13-3-8-16-17(11-13)29-20(23(16)9-10-27-2)22-18(24)12-28-15-6-4-14(21)5-7-15/h3-8,11H,9-10,12H2,1-2H3. The normalized spacial score (nSPS) is 11.8. The summed E-state index contributed by atoms with van der Waals surface area (Å²) in [4.78, 5) is 30.2. The molecule has 9 heteroatoms. The van der Waals surface area contributed by atoms with Crippen LogP contribution in [0.4, 0.5) is 0 Å². The summed E-state index contributed by atoms with van der Waals surface area (Å²) in [5.74, 6) is 0.546. The first kappa shape index (κ1) is 22.0. The van der Waals surface area contributed by atoms with Gasteiger partial charge in [0, 0.05) is 22.2 Å². The second kappa shape index (κ2) is 10.3. The minimum absolute atomic E-state index is 0.206. The maximum absolute atomic E-state index is 12.5. The van der Waals surface area contributed by atoms with E-state index < -0.39 is 0 Å². The van der Waals surface area contributed by atoms with Crippen molar-refractivity contribution in [2.24, 2.45) is 4.99 Å². The Bertz CT molecular complexity index is 1090. The molecule has 0 radical (unpaired) electrons. The molecule has 1 aromatic heterocycles. The van der Waals surface area contributed by atoms with Crippen LogP contribution in [-0.4, -0.2) is 41.3 Å². The number of aromatic nitrogens is 1. The van der Waals surface area contributed by atoms with Crippen molar-refractivity contribution in [2.75, 3.05) is 24.9 Å². The number of esters is 1. The molecule has 1 heterocycles. The summed E-state index contributed by atoms with van der Waals surface area (Å²) in [6.07, 6.45) is 2.04. The van der Waals surface area contributed by atoms with Gasteiger partial charge in [-0.3, -0.25) is 4.79 Å². The van der Waals surface area contributed by atoms with E-state index in [1.54, 1.807) is 36.0 Å².